The van der Waals surface area contributed by atoms with Gasteiger partial charge in [-0.3, -0.25) is 9.11 Å². The van der Waals surface area contributed by atoms with Crippen LogP contribution in [0.5, 0.6) is 0 Å². The van der Waals surface area contributed by atoms with Crippen LogP contribution in [-0.2, 0) is 25.0 Å². The molecule has 0 heterocycles. The quantitative estimate of drug-likeness (QED) is 0.337. The van der Waals surface area contributed by atoms with Gasteiger partial charge in [0.2, 0.25) is 0 Å². The minimum Gasteiger partial charge on any atom is -0.370 e. The van der Waals surface area contributed by atoms with Crippen molar-refractivity contribution in [2.75, 3.05) is 6.79 Å². The number of halogens is 5. The Morgan fingerprint density at radius 2 is 1.11 bits per heavy atom. The molecular formula is C4H5F5O8S2. The molecule has 0 saturated heterocycles. The molecule has 0 bridgehead atoms. The summed E-state index contributed by atoms with van der Waals surface area (Å²) in [5, 5.41) is -5.07. The predicted octanol–water partition coefficient (Wildman–Crippen LogP) is -0.420. The predicted molar refractivity (Wildman–Crippen MR) is 45.0 cm³/mol. The lowest BCUT2D eigenvalue weighted by molar-refractivity contribution is -0.330. The molecule has 0 fully saturated rings. The van der Waals surface area contributed by atoms with Crippen LogP contribution in [0.2, 0.25) is 0 Å². The topological polar surface area (TPSA) is 138 Å². The van der Waals surface area contributed by atoms with Gasteiger partial charge in [0.25, 0.3) is 0 Å². The summed E-state index contributed by atoms with van der Waals surface area (Å²) in [4.78, 5) is 0. The van der Waals surface area contributed by atoms with E-state index in [2.05, 4.69) is 4.74 Å². The van der Waals surface area contributed by atoms with E-state index in [0.29, 0.717) is 0 Å². The molecule has 8 nitrogen and oxygen atoms in total. The molecule has 0 aromatic heterocycles. The maximum atomic E-state index is 13.4. The molecule has 3 N–H and O–H groups in total. The van der Waals surface area contributed by atoms with E-state index >= 15 is 0 Å². The number of aliphatic hydroxyl groups is 1. The number of hydrogen-bond donors (Lipinski definition) is 3. The van der Waals surface area contributed by atoms with Crippen LogP contribution in [0.15, 0.2) is 0 Å². The minimum atomic E-state index is -6.93. The lowest BCUT2D eigenvalue weighted by atomic mass is 10.3. The molecular weight excluding hydrogens is 335 g/mol. The molecule has 0 rings (SSSR count). The standard InChI is InChI=1S/C4H5F5O8S2/c5-2(17-1-10,3(6,7)18(11,12)13)4(8,9)19(14,15)16/h10H,1H2,(H,11,12,13)(H,14,15,16). The van der Waals surface area contributed by atoms with Crippen molar-refractivity contribution in [3.63, 3.8) is 0 Å². The van der Waals surface area contributed by atoms with Gasteiger partial charge in [-0.15, -0.1) is 0 Å². The van der Waals surface area contributed by atoms with Gasteiger partial charge < -0.3 is 9.84 Å². The molecule has 0 aromatic rings. The first-order valence-corrected chi connectivity index (χ1v) is 6.57. The van der Waals surface area contributed by atoms with E-state index in [1.54, 1.807) is 0 Å². The zero-order valence-electron chi connectivity index (χ0n) is 8.30. The molecule has 19 heavy (non-hydrogen) atoms. The van der Waals surface area contributed by atoms with Gasteiger partial charge in [-0.2, -0.15) is 38.8 Å². The monoisotopic (exact) mass is 340 g/mol. The fraction of sp³-hybridized carbons (Fsp3) is 1.00. The van der Waals surface area contributed by atoms with E-state index in [1.165, 1.54) is 0 Å². The summed E-state index contributed by atoms with van der Waals surface area (Å²) in [6.45, 7) is -2.33. The molecule has 0 radical (unpaired) electrons. The highest BCUT2D eigenvalue weighted by Gasteiger charge is 2.82. The molecule has 0 amide bonds. The van der Waals surface area contributed by atoms with Crippen LogP contribution in [0.3, 0.4) is 0 Å². The molecule has 0 aliphatic heterocycles. The number of hydrogen-bond acceptors (Lipinski definition) is 6. The largest absolute Gasteiger partial charge is 0.434 e. The molecule has 0 aromatic carbocycles. The van der Waals surface area contributed by atoms with E-state index < -0.39 is 43.4 Å². The highest BCUT2D eigenvalue weighted by Crippen LogP contribution is 2.49. The zero-order chi connectivity index (χ0) is 15.9. The molecule has 116 valence electrons. The lowest BCUT2D eigenvalue weighted by Gasteiger charge is -2.33. The summed E-state index contributed by atoms with van der Waals surface area (Å²) >= 11 is 0. The maximum absolute atomic E-state index is 13.4. The highest BCUT2D eigenvalue weighted by atomic mass is 32.2. The van der Waals surface area contributed by atoms with Crippen LogP contribution >= 0.6 is 0 Å². The third kappa shape index (κ3) is 2.65. The molecule has 15 heteroatoms. The zero-order valence-corrected chi connectivity index (χ0v) is 9.93. The van der Waals surface area contributed by atoms with Crippen molar-refractivity contribution in [3.8, 4) is 0 Å². The molecule has 0 atom stereocenters. The van der Waals surface area contributed by atoms with Crippen LogP contribution < -0.4 is 0 Å². The van der Waals surface area contributed by atoms with Gasteiger partial charge >= 0.3 is 36.6 Å². The summed E-state index contributed by atoms with van der Waals surface area (Å²) in [6.07, 6.45) is 0. The van der Waals surface area contributed by atoms with E-state index in [-0.39, 0.29) is 0 Å². The Morgan fingerprint density at radius 1 is 0.842 bits per heavy atom. The molecule has 0 aliphatic rings. The molecule has 0 aliphatic carbocycles. The first-order valence-electron chi connectivity index (χ1n) is 3.69. The van der Waals surface area contributed by atoms with Crippen molar-refractivity contribution in [2.45, 2.75) is 16.4 Å². The van der Waals surface area contributed by atoms with E-state index in [4.69, 9.17) is 14.2 Å². The molecule has 0 saturated carbocycles. The van der Waals surface area contributed by atoms with Crippen molar-refractivity contribution in [1.29, 1.82) is 0 Å². The second-order valence-electron chi connectivity index (χ2n) is 2.85. The summed E-state index contributed by atoms with van der Waals surface area (Å²) in [7, 11) is -13.9. The Morgan fingerprint density at radius 3 is 1.26 bits per heavy atom. The van der Waals surface area contributed by atoms with Gasteiger partial charge in [-0.05, 0) is 0 Å². The number of aliphatic hydroxyl groups excluding tert-OH is 1. The van der Waals surface area contributed by atoms with E-state index in [9.17, 15) is 38.8 Å². The van der Waals surface area contributed by atoms with Crippen LogP contribution in [-0.4, -0.2) is 54.2 Å². The van der Waals surface area contributed by atoms with E-state index in [0.717, 1.165) is 0 Å². The third-order valence-corrected chi connectivity index (χ3v) is 3.48. The number of alkyl halides is 5. The Bertz CT molecular complexity index is 493. The Labute approximate surface area is 102 Å². The van der Waals surface area contributed by atoms with Crippen molar-refractivity contribution in [2.24, 2.45) is 0 Å². The van der Waals surface area contributed by atoms with Gasteiger partial charge in [0.1, 0.15) is 6.79 Å². The van der Waals surface area contributed by atoms with Crippen LogP contribution in [0.25, 0.3) is 0 Å². The van der Waals surface area contributed by atoms with Crippen molar-refractivity contribution in [1.82, 2.24) is 0 Å². The summed E-state index contributed by atoms with van der Waals surface area (Å²) in [6, 6.07) is 0. The first-order chi connectivity index (χ1) is 8.06. The van der Waals surface area contributed by atoms with Crippen molar-refractivity contribution >= 4 is 20.2 Å². The molecule has 0 spiro atoms. The summed E-state index contributed by atoms with van der Waals surface area (Å²) in [5.74, 6) is -6.28. The smallest absolute Gasteiger partial charge is 0.370 e. The highest BCUT2D eigenvalue weighted by molar-refractivity contribution is 7.88. The van der Waals surface area contributed by atoms with Gasteiger partial charge in [0, 0.05) is 0 Å². The SMILES string of the molecule is O=S(=O)(O)C(F)(F)C(F)(OCO)C(F)(F)S(=O)(=O)O. The Kier molecular flexibility index (Phi) is 4.59. The molecule has 0 unspecified atom stereocenters. The fourth-order valence-electron chi connectivity index (χ4n) is 0.758. The number of rotatable bonds is 6. The van der Waals surface area contributed by atoms with Gasteiger partial charge in [-0.25, -0.2) is 0 Å². The summed E-state index contributed by atoms with van der Waals surface area (Å²) < 4.78 is 124. The van der Waals surface area contributed by atoms with Gasteiger partial charge in [0.15, 0.2) is 0 Å². The lowest BCUT2D eigenvalue weighted by Crippen LogP contribution is -2.64. The van der Waals surface area contributed by atoms with Crippen molar-refractivity contribution < 1.29 is 57.7 Å². The Hall–Kier alpha value is -0.610. The van der Waals surface area contributed by atoms with Crippen LogP contribution in [0.1, 0.15) is 0 Å². The van der Waals surface area contributed by atoms with Gasteiger partial charge in [-0.1, -0.05) is 0 Å². The van der Waals surface area contributed by atoms with Crippen LogP contribution in [0, 0.1) is 0 Å². The van der Waals surface area contributed by atoms with Crippen molar-refractivity contribution in [3.05, 3.63) is 0 Å². The average molecular weight is 340 g/mol. The second-order valence-corrected chi connectivity index (χ2v) is 5.78. The first kappa shape index (κ1) is 18.4. The third-order valence-electron chi connectivity index (χ3n) is 1.66. The van der Waals surface area contributed by atoms with Gasteiger partial charge in [0.05, 0.1) is 0 Å². The van der Waals surface area contributed by atoms with Crippen LogP contribution in [0.4, 0.5) is 22.0 Å². The second kappa shape index (κ2) is 4.74. The minimum absolute atomic E-state index is 2.33. The Balaban J connectivity index is 6.36. The normalized spacial score (nSPS) is 15.6. The maximum Gasteiger partial charge on any atom is 0.434 e. The van der Waals surface area contributed by atoms with E-state index in [1.807, 2.05) is 0 Å². The average Bonchev–Trinajstić information content (AvgIpc) is 2.13. The fourth-order valence-corrected chi connectivity index (χ4v) is 1.86. The number of ether oxygens (including phenoxy) is 1. The summed E-state index contributed by atoms with van der Waals surface area (Å²) in [5.41, 5.74) is 0.